The van der Waals surface area contributed by atoms with Gasteiger partial charge >= 0.3 is 0 Å². The maximum Gasteiger partial charge on any atom is 0.248 e. The van der Waals surface area contributed by atoms with Crippen molar-refractivity contribution in [2.75, 3.05) is 26.2 Å². The first-order chi connectivity index (χ1) is 64.3. The first kappa shape index (κ1) is 121. The molecule has 0 bridgehead atoms. The maximum atomic E-state index is 14.6. The van der Waals surface area contributed by atoms with Crippen LogP contribution in [0.3, 0.4) is 0 Å². The Kier molecular flexibility index (Phi) is 44.8. The van der Waals surface area contributed by atoms with E-state index >= 15 is 0 Å². The van der Waals surface area contributed by atoms with Gasteiger partial charge in [0.2, 0.25) is 136 Å². The molecule has 25 N–H and O–H groups in total. The van der Waals surface area contributed by atoms with Gasteiger partial charge in [0, 0.05) is 39.3 Å². The molecule has 47 heteroatoms. The third kappa shape index (κ3) is 37.0. The summed E-state index contributed by atoms with van der Waals surface area (Å²) in [6.07, 6.45) is -1.15. The second-order valence-electron chi connectivity index (χ2n) is 40.9. The molecule has 1 aromatic rings. The second-order valence-corrected chi connectivity index (χ2v) is 40.9. The van der Waals surface area contributed by atoms with Gasteiger partial charge in [-0.25, -0.2) is 0 Å². The smallest absolute Gasteiger partial charge is 0.248 e. The number of carbonyl (C=O) groups excluding carboxylic acids is 23. The number of rotatable bonds is 54. The molecular formula is C93H153N23O24. The van der Waals surface area contributed by atoms with E-state index < -0.39 is 297 Å². The number of amides is 23. The molecule has 2 fully saturated rings. The van der Waals surface area contributed by atoms with E-state index in [4.69, 9.17) is 17.2 Å². The van der Waals surface area contributed by atoms with Crippen LogP contribution < -0.4 is 113 Å². The first-order valence-corrected chi connectivity index (χ1v) is 47.0. The van der Waals surface area contributed by atoms with Crippen molar-refractivity contribution in [1.29, 1.82) is 0 Å². The minimum Gasteiger partial charge on any atom is -0.394 e. The minimum atomic E-state index is -1.91. The zero-order chi connectivity index (χ0) is 107. The Balaban J connectivity index is 1.66. The molecule has 0 saturated carbocycles. The van der Waals surface area contributed by atoms with E-state index in [1.54, 1.807) is 71.9 Å². The van der Waals surface area contributed by atoms with Crippen LogP contribution in [0.5, 0.6) is 0 Å². The van der Waals surface area contributed by atoms with Crippen LogP contribution in [0.4, 0.5) is 0 Å². The van der Waals surface area contributed by atoms with Gasteiger partial charge in [0.15, 0.2) is 0 Å². The molecule has 2 aliphatic rings. The van der Waals surface area contributed by atoms with E-state index in [9.17, 15) is 115 Å². The predicted octanol–water partition coefficient (Wildman–Crippen LogP) is -4.55. The van der Waals surface area contributed by atoms with Gasteiger partial charge in [-0.3, -0.25) is 110 Å². The summed E-state index contributed by atoms with van der Waals surface area (Å²) in [6.45, 7) is 34.3. The van der Waals surface area contributed by atoms with Crippen LogP contribution in [0.15, 0.2) is 30.3 Å². The highest BCUT2D eigenvalue weighted by Gasteiger charge is 2.49. The standard InChI is InChI=1S/C93H153N23O24/c1-26-93(25,83(138)104-57(37-40-63(95)120)71(126)103-56(36-39-62(94)119)70(125)100-55(47-117)45-54-32-28-27-29-33-54)114-82(137)90(19,20)113-76(131)66(49(4)5)105-74(129)60-34-30-42-115(60)85(140)92(23,24)110-73(128)59(44-48(2)3)101-65(122)46-97-78(133)86(11,12)112-77(132)67(50(6)7)106-81(136)89(17,18)109-72(127)58(38-41-64(96)121)102-68(123)51(8)98-79(134)87(13,14)108-69(124)52(9)99-80(135)88(15,16)111-75(130)61-35-31-43-116(61)84(139)91(21,22)107-53(10)118/h27-29,32-33,48-52,55-61,66-67,117H,26,30-31,34-47H2,1-25H3,(H2,94,119)(H2,95,120)(H2,96,121)(H,97,133)(H,98,134)(H,99,135)(H,100,125)(H,101,122)(H,102,123)(H,103,126)(H,104,138)(H,105,129)(H,106,136)(H,107,118)(H,108,124)(H,109,127)(H,110,128)(H,111,130)(H,112,132)(H,113,131)(H,114,137). The molecular weight excluding hydrogens is 1820 g/mol. The second kappa shape index (κ2) is 51.8. The quantitative estimate of drug-likeness (QED) is 0.0292. The highest BCUT2D eigenvalue weighted by molar-refractivity contribution is 6.05. The molecule has 3 rings (SSSR count). The largest absolute Gasteiger partial charge is 0.394 e. The Hall–Kier alpha value is -13.0. The van der Waals surface area contributed by atoms with Crippen molar-refractivity contribution in [3.05, 3.63) is 35.9 Å². The van der Waals surface area contributed by atoms with Crippen LogP contribution in [-0.2, 0) is 117 Å². The molecule has 12 unspecified atom stereocenters. The fraction of sp³-hybridized carbons (Fsp3) is 0.688. The lowest BCUT2D eigenvalue weighted by Crippen LogP contribution is -2.67. The van der Waals surface area contributed by atoms with Gasteiger partial charge in [-0.15, -0.1) is 0 Å². The normalized spacial score (nSPS) is 16.5. The van der Waals surface area contributed by atoms with Crippen LogP contribution in [-0.4, -0.2) is 288 Å². The summed E-state index contributed by atoms with van der Waals surface area (Å²) in [6, 6.07) is -5.61. The Labute approximate surface area is 817 Å². The zero-order valence-corrected chi connectivity index (χ0v) is 85.5. The lowest BCUT2D eigenvalue weighted by Gasteiger charge is -2.36. The number of aliphatic hydroxyl groups excluding tert-OH is 1. The van der Waals surface area contributed by atoms with Crippen molar-refractivity contribution in [1.82, 2.24) is 106 Å². The molecule has 0 radical (unpaired) electrons. The van der Waals surface area contributed by atoms with Crippen LogP contribution in [0.2, 0.25) is 0 Å². The number of hydrogen-bond donors (Lipinski definition) is 22. The molecule has 0 spiro atoms. The summed E-state index contributed by atoms with van der Waals surface area (Å²) in [5.41, 5.74) is 3.10. The molecule has 2 heterocycles. The fourth-order valence-electron chi connectivity index (χ4n) is 15.0. The maximum absolute atomic E-state index is 14.6. The third-order valence-electron chi connectivity index (χ3n) is 23.8. The molecule has 0 aromatic heterocycles. The van der Waals surface area contributed by atoms with E-state index in [1.165, 1.54) is 141 Å². The molecule has 0 aliphatic carbocycles. The van der Waals surface area contributed by atoms with E-state index in [0.29, 0.717) is 12.8 Å². The number of primary amides is 3. The Morgan fingerprint density at radius 3 is 1.21 bits per heavy atom. The summed E-state index contributed by atoms with van der Waals surface area (Å²) in [5.74, 6) is -20.9. The number of hydrogen-bond acceptors (Lipinski definition) is 24. The van der Waals surface area contributed by atoms with Crippen molar-refractivity contribution >= 4 is 136 Å². The van der Waals surface area contributed by atoms with Crippen molar-refractivity contribution in [3.63, 3.8) is 0 Å². The van der Waals surface area contributed by atoms with E-state index in [0.717, 1.165) is 5.56 Å². The molecule has 12 atom stereocenters. The molecule has 140 heavy (non-hydrogen) atoms. The number of benzene rings is 1. The molecule has 2 aliphatic heterocycles. The van der Waals surface area contributed by atoms with Crippen molar-refractivity contribution in [2.45, 2.75) is 367 Å². The van der Waals surface area contributed by atoms with Crippen molar-refractivity contribution in [3.8, 4) is 0 Å². The van der Waals surface area contributed by atoms with Crippen LogP contribution >= 0.6 is 0 Å². The average Bonchev–Trinajstić information content (AvgIpc) is 1.62. The molecule has 2 saturated heterocycles. The van der Waals surface area contributed by atoms with Crippen molar-refractivity contribution < 1.29 is 115 Å². The first-order valence-electron chi connectivity index (χ1n) is 47.0. The summed E-state index contributed by atoms with van der Waals surface area (Å²) in [5, 5.41) is 56.2. The van der Waals surface area contributed by atoms with E-state index in [1.807, 2.05) is 0 Å². The minimum absolute atomic E-state index is 0.00734. The van der Waals surface area contributed by atoms with Gasteiger partial charge in [0.1, 0.15) is 105 Å². The van der Waals surface area contributed by atoms with Crippen LogP contribution in [0, 0.1) is 17.8 Å². The molecule has 1 aromatic carbocycles. The lowest BCUT2D eigenvalue weighted by atomic mass is 9.93. The summed E-state index contributed by atoms with van der Waals surface area (Å²) < 4.78 is 0. The van der Waals surface area contributed by atoms with Gasteiger partial charge < -0.3 is 128 Å². The van der Waals surface area contributed by atoms with Gasteiger partial charge in [-0.1, -0.05) is 78.8 Å². The topological polar surface area (TPSA) is 714 Å². The van der Waals surface area contributed by atoms with Gasteiger partial charge in [0.05, 0.1) is 19.2 Å². The van der Waals surface area contributed by atoms with Crippen molar-refractivity contribution in [2.24, 2.45) is 35.0 Å². The third-order valence-corrected chi connectivity index (χ3v) is 23.8. The summed E-state index contributed by atoms with van der Waals surface area (Å²) in [7, 11) is 0. The summed E-state index contributed by atoms with van der Waals surface area (Å²) in [4.78, 5) is 316. The van der Waals surface area contributed by atoms with Gasteiger partial charge in [0.25, 0.3) is 0 Å². The van der Waals surface area contributed by atoms with E-state index in [2.05, 4.69) is 95.7 Å². The number of nitrogens with one attached hydrogen (secondary N) is 18. The Morgan fingerprint density at radius 1 is 0.386 bits per heavy atom. The zero-order valence-electron chi connectivity index (χ0n) is 85.5. The molecule has 784 valence electrons. The van der Waals surface area contributed by atoms with Crippen LogP contribution in [0.1, 0.15) is 256 Å². The fourth-order valence-corrected chi connectivity index (χ4v) is 15.0. The van der Waals surface area contributed by atoms with E-state index in [-0.39, 0.29) is 64.0 Å². The number of nitrogens with zero attached hydrogens (tertiary/aromatic N) is 2. The SMILES string of the molecule is CCC(C)(NC(=O)C(C)(C)NC(=O)C(NC(=O)C1CCCN1C(=O)C(C)(C)NC(=O)C(CC(C)C)NC(=O)CNC(=O)C(C)(C)NC(=O)C(NC(=O)C(C)(C)NC(=O)C(CCC(N)=O)NC(=O)C(C)NC(=O)C(C)(C)NC(=O)C(C)NC(=O)C(C)(C)NC(=O)C1CCCN1C(=O)C(C)(C)NC(C)=O)C(C)C)C(C)C)C(=O)NC(CCC(N)=O)C(=O)NC(CCC(N)=O)C(=O)NC(CO)Cc1ccccc1. The van der Waals surface area contributed by atoms with Crippen LogP contribution in [0.25, 0.3) is 0 Å². The van der Waals surface area contributed by atoms with Gasteiger partial charge in [-0.05, 0) is 205 Å². The average molecular weight is 1980 g/mol. The monoisotopic (exact) mass is 1980 g/mol. The number of likely N-dealkylation sites (tertiary alicyclic amines) is 2. The van der Waals surface area contributed by atoms with Gasteiger partial charge in [-0.2, -0.15) is 0 Å². The number of aliphatic hydroxyl groups is 1. The lowest BCUT2D eigenvalue weighted by molar-refractivity contribution is -0.146. The highest BCUT2D eigenvalue weighted by atomic mass is 16.3. The Bertz CT molecular complexity index is 4720. The summed E-state index contributed by atoms with van der Waals surface area (Å²) >= 11 is 0. The molecule has 23 amide bonds. The predicted molar refractivity (Wildman–Crippen MR) is 511 cm³/mol. The Morgan fingerprint density at radius 2 is 0.764 bits per heavy atom. The highest BCUT2D eigenvalue weighted by Crippen LogP contribution is 2.27. The molecule has 47 nitrogen and oxygen atoms in total. The number of nitrogens with two attached hydrogens (primary N) is 3. The number of carbonyl (C=O) groups is 23.